The van der Waals surface area contributed by atoms with Crippen LogP contribution in [-0.4, -0.2) is 36.6 Å². The zero-order chi connectivity index (χ0) is 21.4. The van der Waals surface area contributed by atoms with Gasteiger partial charge in [-0.1, -0.05) is 12.1 Å². The molecule has 0 bridgehead atoms. The number of hydrazine groups is 1. The van der Waals surface area contributed by atoms with Crippen LogP contribution in [0.3, 0.4) is 0 Å². The molecule has 0 heterocycles. The van der Waals surface area contributed by atoms with E-state index in [0.29, 0.717) is 5.75 Å². The van der Waals surface area contributed by atoms with Crippen molar-refractivity contribution in [1.29, 1.82) is 0 Å². The molecule has 2 aromatic carbocycles. The molecule has 2 rings (SSSR count). The summed E-state index contributed by atoms with van der Waals surface area (Å²) in [7, 11) is 1.25. The van der Waals surface area contributed by atoms with Gasteiger partial charge >= 0.3 is 5.97 Å². The van der Waals surface area contributed by atoms with Gasteiger partial charge in [0.2, 0.25) is 0 Å². The maximum absolute atomic E-state index is 12.2. The maximum atomic E-state index is 12.2. The monoisotopic (exact) mass is 415 g/mol. The van der Waals surface area contributed by atoms with Crippen molar-refractivity contribution in [1.82, 2.24) is 16.2 Å². The molecule has 152 valence electrons. The number of amides is 2. The van der Waals surface area contributed by atoms with Crippen LogP contribution >= 0.6 is 12.2 Å². The minimum absolute atomic E-state index is 0.113. The maximum Gasteiger partial charge on any atom is 0.337 e. The predicted molar refractivity (Wildman–Crippen MR) is 111 cm³/mol. The third kappa shape index (κ3) is 6.89. The number of benzene rings is 2. The van der Waals surface area contributed by atoms with Crippen molar-refractivity contribution in [3.8, 4) is 5.75 Å². The first-order chi connectivity index (χ1) is 13.8. The van der Waals surface area contributed by atoms with Gasteiger partial charge in [0.1, 0.15) is 5.75 Å². The van der Waals surface area contributed by atoms with Gasteiger partial charge in [-0.2, -0.15) is 0 Å². The van der Waals surface area contributed by atoms with Crippen molar-refractivity contribution >= 4 is 35.1 Å². The fourth-order valence-corrected chi connectivity index (χ4v) is 2.58. The van der Waals surface area contributed by atoms with Gasteiger partial charge < -0.3 is 9.47 Å². The average Bonchev–Trinajstić information content (AvgIpc) is 2.69. The van der Waals surface area contributed by atoms with Gasteiger partial charge in [-0.15, -0.1) is 0 Å². The minimum atomic E-state index is -0.559. The molecule has 0 fully saturated rings. The molecule has 0 radical (unpaired) electrons. The molecule has 0 saturated carbocycles. The van der Waals surface area contributed by atoms with Gasteiger partial charge in [0.15, 0.2) is 11.7 Å². The van der Waals surface area contributed by atoms with Crippen LogP contribution in [0, 0.1) is 13.8 Å². The van der Waals surface area contributed by atoms with Crippen LogP contribution in [0.15, 0.2) is 42.5 Å². The van der Waals surface area contributed by atoms with E-state index in [0.717, 1.165) is 11.1 Å². The Balaban J connectivity index is 1.80. The Morgan fingerprint density at radius 2 is 1.62 bits per heavy atom. The van der Waals surface area contributed by atoms with E-state index < -0.39 is 17.8 Å². The van der Waals surface area contributed by atoms with E-state index in [4.69, 9.17) is 17.0 Å². The lowest BCUT2D eigenvalue weighted by molar-refractivity contribution is -0.123. The fourth-order valence-electron chi connectivity index (χ4n) is 2.44. The molecule has 2 aromatic rings. The first-order valence-corrected chi connectivity index (χ1v) is 8.99. The highest BCUT2D eigenvalue weighted by Gasteiger charge is 2.12. The van der Waals surface area contributed by atoms with E-state index in [1.54, 1.807) is 6.07 Å². The summed E-state index contributed by atoms with van der Waals surface area (Å²) in [6.07, 6.45) is 0. The average molecular weight is 415 g/mol. The van der Waals surface area contributed by atoms with Crippen LogP contribution in [0.4, 0.5) is 0 Å². The Labute approximate surface area is 173 Å². The number of esters is 1. The van der Waals surface area contributed by atoms with Gasteiger partial charge in [-0.3, -0.25) is 25.8 Å². The van der Waals surface area contributed by atoms with Crippen molar-refractivity contribution < 1.29 is 23.9 Å². The number of carbonyl (C=O) groups excluding carboxylic acids is 3. The molecule has 8 nitrogen and oxygen atoms in total. The molecule has 0 aliphatic carbocycles. The fraction of sp³-hybridized carbons (Fsp3) is 0.200. The summed E-state index contributed by atoms with van der Waals surface area (Å²) in [6, 6.07) is 11.6. The zero-order valence-electron chi connectivity index (χ0n) is 16.2. The molecule has 0 aromatic heterocycles. The summed E-state index contributed by atoms with van der Waals surface area (Å²) in [5.41, 5.74) is 7.25. The summed E-state index contributed by atoms with van der Waals surface area (Å²) in [5.74, 6) is -1.00. The lowest BCUT2D eigenvalue weighted by atomic mass is 10.1. The second kappa shape index (κ2) is 10.2. The van der Waals surface area contributed by atoms with E-state index in [9.17, 15) is 14.4 Å². The summed E-state index contributed by atoms with van der Waals surface area (Å²) < 4.78 is 10.0. The van der Waals surface area contributed by atoms with Crippen LogP contribution < -0.4 is 20.9 Å². The summed E-state index contributed by atoms with van der Waals surface area (Å²) in [5, 5.41) is 2.29. The molecule has 0 aliphatic rings. The van der Waals surface area contributed by atoms with Crippen molar-refractivity contribution in [3.63, 3.8) is 0 Å². The number of ether oxygens (including phenoxy) is 2. The molecule has 0 unspecified atom stereocenters. The highest BCUT2D eigenvalue weighted by molar-refractivity contribution is 7.80. The Bertz CT molecular complexity index is 925. The zero-order valence-corrected chi connectivity index (χ0v) is 17.0. The molecule has 0 aliphatic heterocycles. The molecule has 29 heavy (non-hydrogen) atoms. The number of thiocarbonyl (C=S) groups is 1. The topological polar surface area (TPSA) is 106 Å². The van der Waals surface area contributed by atoms with E-state index in [2.05, 4.69) is 20.9 Å². The van der Waals surface area contributed by atoms with Gasteiger partial charge in [0.25, 0.3) is 11.8 Å². The van der Waals surface area contributed by atoms with Crippen LogP contribution in [0.1, 0.15) is 31.8 Å². The van der Waals surface area contributed by atoms with Crippen molar-refractivity contribution in [3.05, 3.63) is 64.7 Å². The number of hydrogen-bond donors (Lipinski definition) is 3. The lowest BCUT2D eigenvalue weighted by Crippen LogP contribution is -2.49. The van der Waals surface area contributed by atoms with Gasteiger partial charge in [0, 0.05) is 5.56 Å². The molecule has 0 atom stereocenters. The minimum Gasteiger partial charge on any atom is -0.484 e. The first kappa shape index (κ1) is 21.8. The quantitative estimate of drug-likeness (QED) is 0.388. The molecular weight excluding hydrogens is 394 g/mol. The van der Waals surface area contributed by atoms with Crippen LogP contribution in [-0.2, 0) is 9.53 Å². The normalized spacial score (nSPS) is 9.90. The van der Waals surface area contributed by atoms with Gasteiger partial charge in [0.05, 0.1) is 12.7 Å². The Kier molecular flexibility index (Phi) is 7.67. The number of nitrogens with one attached hydrogen (secondary N) is 3. The summed E-state index contributed by atoms with van der Waals surface area (Å²) in [6.45, 7) is 3.64. The molecule has 2 amide bonds. The third-order valence-electron chi connectivity index (χ3n) is 3.65. The number of methoxy groups -OCH3 is 1. The molecule has 0 saturated heterocycles. The number of aryl methyl sites for hydroxylation is 2. The number of rotatable bonds is 5. The van der Waals surface area contributed by atoms with E-state index >= 15 is 0 Å². The Morgan fingerprint density at radius 3 is 2.28 bits per heavy atom. The Hall–Kier alpha value is -3.46. The molecule has 0 spiro atoms. The largest absolute Gasteiger partial charge is 0.484 e. The molecular formula is C20H21N3O5S. The Morgan fingerprint density at radius 1 is 0.966 bits per heavy atom. The number of carbonyl (C=O) groups is 3. The second-order valence-electron chi connectivity index (χ2n) is 6.14. The highest BCUT2D eigenvalue weighted by Crippen LogP contribution is 2.15. The van der Waals surface area contributed by atoms with Crippen molar-refractivity contribution in [2.75, 3.05) is 13.7 Å². The third-order valence-corrected chi connectivity index (χ3v) is 3.86. The second-order valence-corrected chi connectivity index (χ2v) is 6.55. The van der Waals surface area contributed by atoms with Gasteiger partial charge in [-0.05, 0) is 67.5 Å². The van der Waals surface area contributed by atoms with Gasteiger partial charge in [-0.25, -0.2) is 4.79 Å². The van der Waals surface area contributed by atoms with Crippen LogP contribution in [0.2, 0.25) is 0 Å². The van der Waals surface area contributed by atoms with Crippen LogP contribution in [0.5, 0.6) is 5.75 Å². The SMILES string of the molecule is COC(=O)c1cccc(C(=O)NC(=S)NNC(=O)COc2cc(C)cc(C)c2)c1. The lowest BCUT2D eigenvalue weighted by Gasteiger charge is -2.12. The van der Waals surface area contributed by atoms with E-state index in [-0.39, 0.29) is 22.8 Å². The van der Waals surface area contributed by atoms with Crippen molar-refractivity contribution in [2.45, 2.75) is 13.8 Å². The van der Waals surface area contributed by atoms with E-state index in [1.807, 2.05) is 32.0 Å². The van der Waals surface area contributed by atoms with Crippen LogP contribution in [0.25, 0.3) is 0 Å². The standard InChI is InChI=1S/C20H21N3O5S/c1-12-7-13(2)9-16(8-12)28-11-17(24)22-23-20(29)21-18(25)14-5-4-6-15(10-14)19(26)27-3/h4-10H,11H2,1-3H3,(H,22,24)(H2,21,23,25,29). The molecule has 3 N–H and O–H groups in total. The highest BCUT2D eigenvalue weighted by atomic mass is 32.1. The summed E-state index contributed by atoms with van der Waals surface area (Å²) >= 11 is 4.98. The first-order valence-electron chi connectivity index (χ1n) is 8.58. The smallest absolute Gasteiger partial charge is 0.337 e. The van der Waals surface area contributed by atoms with E-state index in [1.165, 1.54) is 25.3 Å². The number of hydrogen-bond acceptors (Lipinski definition) is 6. The predicted octanol–water partition coefficient (Wildman–Crippen LogP) is 1.80. The molecule has 9 heteroatoms. The van der Waals surface area contributed by atoms with Crippen molar-refractivity contribution in [2.24, 2.45) is 0 Å². The summed E-state index contributed by atoms with van der Waals surface area (Å²) in [4.78, 5) is 35.6.